The molecule has 0 aliphatic carbocycles. The smallest absolute Gasteiger partial charge is 0.143 e. The summed E-state index contributed by atoms with van der Waals surface area (Å²) >= 11 is 0. The Labute approximate surface area is 136 Å². The zero-order chi connectivity index (χ0) is 14.5. The Balaban J connectivity index is 0.00000176. The van der Waals surface area contributed by atoms with E-state index in [-0.39, 0.29) is 9.90 Å². The van der Waals surface area contributed by atoms with Gasteiger partial charge in [0.05, 0.1) is 6.54 Å². The van der Waals surface area contributed by atoms with Gasteiger partial charge in [-0.25, -0.2) is 4.48 Å². The summed E-state index contributed by atoms with van der Waals surface area (Å²) in [6, 6.07) is 32.2. The van der Waals surface area contributed by atoms with Gasteiger partial charge in [-0.15, -0.1) is 0 Å². The molecule has 0 aromatic heterocycles. The van der Waals surface area contributed by atoms with Crippen LogP contribution in [0, 0.1) is 0 Å². The second-order valence-corrected chi connectivity index (χ2v) is 5.13. The summed E-state index contributed by atoms with van der Waals surface area (Å²) in [4.78, 5) is 0. The maximum absolute atomic E-state index is 2.24. The van der Waals surface area contributed by atoms with Crippen molar-refractivity contribution in [3.63, 3.8) is 0 Å². The van der Waals surface area contributed by atoms with Crippen molar-refractivity contribution in [1.82, 2.24) is 4.48 Å². The Kier molecular flexibility index (Phi) is 5.49. The number of nitrogens with zero attached hydrogens (tertiary/aromatic N) is 1. The first kappa shape index (κ1) is 16.4. The quantitative estimate of drug-likeness (QED) is 0.426. The maximum atomic E-state index is 2.24. The van der Waals surface area contributed by atoms with E-state index in [2.05, 4.69) is 97.9 Å². The first-order chi connectivity index (χ1) is 10.4. The molecule has 112 valence electrons. The third-order valence-electron chi connectivity index (χ3n) is 4.07. The molecule has 1 unspecified atom stereocenters. The average Bonchev–Trinajstić information content (AvgIpc) is 2.59. The zero-order valence-corrected chi connectivity index (χ0v) is 14.4. The van der Waals surface area contributed by atoms with Crippen LogP contribution in [0.25, 0.3) is 0 Å². The van der Waals surface area contributed by atoms with Crippen LogP contribution < -0.4 is 4.48 Å². The fraction of sp³-hybridized carbons (Fsp3) is 0.100. The van der Waals surface area contributed by atoms with Crippen molar-refractivity contribution in [2.75, 3.05) is 6.54 Å². The molecule has 0 heterocycles. The lowest BCUT2D eigenvalue weighted by molar-refractivity contribution is 0.545. The van der Waals surface area contributed by atoms with Crippen LogP contribution in [0.4, 0.5) is 17.1 Å². The molecule has 0 saturated heterocycles. The summed E-state index contributed by atoms with van der Waals surface area (Å²) in [7, 11) is 0. The molecule has 0 amide bonds. The van der Waals surface area contributed by atoms with Gasteiger partial charge in [0.15, 0.2) is 0 Å². The van der Waals surface area contributed by atoms with Crippen LogP contribution in [0.5, 0.6) is 0 Å². The van der Waals surface area contributed by atoms with E-state index >= 15 is 0 Å². The van der Waals surface area contributed by atoms with E-state index in [1.165, 1.54) is 17.1 Å². The van der Waals surface area contributed by atoms with E-state index in [4.69, 9.17) is 0 Å². The van der Waals surface area contributed by atoms with Gasteiger partial charge < -0.3 is 0 Å². The summed E-state index contributed by atoms with van der Waals surface area (Å²) in [6.07, 6.45) is 0. The van der Waals surface area contributed by atoms with Gasteiger partial charge in [-0.3, -0.25) is 0 Å². The van der Waals surface area contributed by atoms with Gasteiger partial charge >= 0.3 is 0 Å². The number of hydrogen-bond acceptors (Lipinski definition) is 0. The fourth-order valence-corrected chi connectivity index (χ4v) is 3.04. The standard InChI is InChI=1S/C20H20N.H3P/c1-2-21(18-12-6-3-7-13-18,19-14-8-4-9-15-19)20-16-10-5-11-17-20;/h3-17H,2H2,1H3;1H3/q+1;. The van der Waals surface area contributed by atoms with Crippen LogP contribution in [-0.2, 0) is 0 Å². The number of rotatable bonds is 4. The Hall–Kier alpha value is -1.95. The molecule has 1 nitrogen and oxygen atoms in total. The van der Waals surface area contributed by atoms with Crippen molar-refractivity contribution in [3.05, 3.63) is 91.0 Å². The molecule has 0 fully saturated rings. The first-order valence-corrected chi connectivity index (χ1v) is 7.43. The Morgan fingerprint density at radius 2 is 0.818 bits per heavy atom. The average molecular weight is 308 g/mol. The minimum Gasteiger partial charge on any atom is -0.227 e. The normalized spacial score (nSPS) is 10.8. The second-order valence-electron chi connectivity index (χ2n) is 5.13. The lowest BCUT2D eigenvalue weighted by atomic mass is 10.1. The second kappa shape index (κ2) is 7.35. The van der Waals surface area contributed by atoms with Gasteiger partial charge in [0, 0.05) is 0 Å². The van der Waals surface area contributed by atoms with E-state index in [1.54, 1.807) is 0 Å². The topological polar surface area (TPSA) is 0 Å². The molecule has 3 aromatic rings. The third kappa shape index (κ3) is 2.83. The van der Waals surface area contributed by atoms with Gasteiger partial charge in [0.2, 0.25) is 0 Å². The molecule has 0 bridgehead atoms. The summed E-state index contributed by atoms with van der Waals surface area (Å²) in [6.45, 7) is 3.21. The van der Waals surface area contributed by atoms with Crippen LogP contribution in [0.1, 0.15) is 6.92 Å². The van der Waals surface area contributed by atoms with Gasteiger partial charge in [-0.05, 0) is 43.3 Å². The van der Waals surface area contributed by atoms with Crippen LogP contribution >= 0.6 is 9.90 Å². The van der Waals surface area contributed by atoms with E-state index < -0.39 is 0 Å². The van der Waals surface area contributed by atoms with Crippen molar-refractivity contribution in [1.29, 1.82) is 0 Å². The molecular formula is C20H23NP+. The highest BCUT2D eigenvalue weighted by atomic mass is 31.0. The highest BCUT2D eigenvalue weighted by Crippen LogP contribution is 2.42. The van der Waals surface area contributed by atoms with E-state index in [0.29, 0.717) is 0 Å². The number of para-hydroxylation sites is 3. The molecule has 2 heteroatoms. The minimum atomic E-state index is 0. The van der Waals surface area contributed by atoms with Crippen molar-refractivity contribution in [2.45, 2.75) is 6.92 Å². The minimum absolute atomic E-state index is 0. The maximum Gasteiger partial charge on any atom is 0.143 e. The molecule has 0 N–H and O–H groups in total. The molecule has 0 aliphatic rings. The van der Waals surface area contributed by atoms with Crippen molar-refractivity contribution < 1.29 is 0 Å². The summed E-state index contributed by atoms with van der Waals surface area (Å²) < 4.78 is 0.739. The summed E-state index contributed by atoms with van der Waals surface area (Å²) in [5.41, 5.74) is 3.87. The Bertz CT molecular complexity index is 584. The zero-order valence-electron chi connectivity index (χ0n) is 13.0. The molecule has 3 aromatic carbocycles. The molecule has 1 atom stereocenters. The van der Waals surface area contributed by atoms with Crippen LogP contribution in [0.15, 0.2) is 91.0 Å². The number of benzene rings is 3. The fourth-order valence-electron chi connectivity index (χ4n) is 3.04. The van der Waals surface area contributed by atoms with Crippen molar-refractivity contribution in [2.24, 2.45) is 0 Å². The van der Waals surface area contributed by atoms with Crippen LogP contribution in [-0.4, -0.2) is 6.54 Å². The lowest BCUT2D eigenvalue weighted by Gasteiger charge is -2.36. The largest absolute Gasteiger partial charge is 0.227 e. The van der Waals surface area contributed by atoms with Crippen LogP contribution in [0.2, 0.25) is 0 Å². The Morgan fingerprint density at radius 1 is 0.545 bits per heavy atom. The van der Waals surface area contributed by atoms with Crippen LogP contribution in [0.3, 0.4) is 0 Å². The predicted molar refractivity (Wildman–Crippen MR) is 102 cm³/mol. The lowest BCUT2D eigenvalue weighted by Crippen LogP contribution is -2.38. The SMILES string of the molecule is CC[N+](c1ccccc1)(c1ccccc1)c1ccccc1.P. The molecule has 3 rings (SSSR count). The monoisotopic (exact) mass is 308 g/mol. The highest BCUT2D eigenvalue weighted by Gasteiger charge is 2.33. The van der Waals surface area contributed by atoms with Gasteiger partial charge in [-0.2, -0.15) is 9.90 Å². The molecule has 0 spiro atoms. The van der Waals surface area contributed by atoms with Gasteiger partial charge in [0.25, 0.3) is 0 Å². The van der Waals surface area contributed by atoms with E-state index in [1.807, 2.05) is 0 Å². The van der Waals surface area contributed by atoms with Crippen molar-refractivity contribution >= 4 is 27.0 Å². The van der Waals surface area contributed by atoms with E-state index in [0.717, 1.165) is 11.0 Å². The number of hydrogen-bond donors (Lipinski definition) is 0. The molecule has 0 saturated carbocycles. The molecule has 0 radical (unpaired) electrons. The molecule has 0 aliphatic heterocycles. The van der Waals surface area contributed by atoms with Gasteiger partial charge in [0.1, 0.15) is 17.1 Å². The first-order valence-electron chi connectivity index (χ1n) is 7.43. The van der Waals surface area contributed by atoms with E-state index in [9.17, 15) is 0 Å². The summed E-state index contributed by atoms with van der Waals surface area (Å²) in [5, 5.41) is 0. The van der Waals surface area contributed by atoms with Gasteiger partial charge in [-0.1, -0.05) is 54.6 Å². The number of quaternary nitrogens is 1. The summed E-state index contributed by atoms with van der Waals surface area (Å²) in [5.74, 6) is 0. The van der Waals surface area contributed by atoms with Crippen molar-refractivity contribution in [3.8, 4) is 0 Å². The molecular weight excluding hydrogens is 285 g/mol. The predicted octanol–water partition coefficient (Wildman–Crippen LogP) is 5.74. The third-order valence-corrected chi connectivity index (χ3v) is 4.07. The molecule has 22 heavy (non-hydrogen) atoms. The highest BCUT2D eigenvalue weighted by molar-refractivity contribution is 6.92. The Morgan fingerprint density at radius 3 is 1.05 bits per heavy atom.